The molecule has 0 radical (unpaired) electrons. The first-order chi connectivity index (χ1) is 7.59. The number of pyridine rings is 1. The highest BCUT2D eigenvalue weighted by Crippen LogP contribution is 2.36. The van der Waals surface area contributed by atoms with E-state index in [9.17, 15) is 13.2 Å². The van der Waals surface area contributed by atoms with Crippen LogP contribution in [0.2, 0.25) is 0 Å². The molecule has 0 aliphatic rings. The zero-order valence-electron chi connectivity index (χ0n) is 9.73. The largest absolute Gasteiger partial charge is 0.477 e. The molecule has 0 saturated heterocycles. The van der Waals surface area contributed by atoms with Crippen LogP contribution in [0.5, 0.6) is 5.88 Å². The van der Waals surface area contributed by atoms with Crippen molar-refractivity contribution in [2.24, 2.45) is 5.41 Å². The van der Waals surface area contributed by atoms with Crippen molar-refractivity contribution in [2.75, 3.05) is 6.61 Å². The molecule has 0 amide bonds. The molecule has 1 aromatic rings. The number of alkyl halides is 3. The van der Waals surface area contributed by atoms with Crippen molar-refractivity contribution in [2.45, 2.75) is 26.9 Å². The van der Waals surface area contributed by atoms with E-state index in [0.717, 1.165) is 6.07 Å². The molecule has 1 rings (SSSR count). The predicted molar refractivity (Wildman–Crippen MR) is 61.9 cm³/mol. The molecule has 0 fully saturated rings. The van der Waals surface area contributed by atoms with Crippen LogP contribution in [0.15, 0.2) is 16.7 Å². The lowest BCUT2D eigenvalue weighted by Gasteiger charge is -2.20. The van der Waals surface area contributed by atoms with Gasteiger partial charge in [0, 0.05) is 10.7 Å². The lowest BCUT2D eigenvalue weighted by atomic mass is 9.99. The highest BCUT2D eigenvalue weighted by molar-refractivity contribution is 9.10. The molecule has 0 saturated carbocycles. The average Bonchev–Trinajstić information content (AvgIpc) is 2.13. The normalized spacial score (nSPS) is 12.6. The van der Waals surface area contributed by atoms with Crippen LogP contribution in [-0.4, -0.2) is 11.6 Å². The number of hydrogen-bond donors (Lipinski definition) is 0. The smallest absolute Gasteiger partial charge is 0.421 e. The van der Waals surface area contributed by atoms with E-state index < -0.39 is 11.7 Å². The van der Waals surface area contributed by atoms with E-state index in [1.54, 1.807) is 0 Å². The van der Waals surface area contributed by atoms with Crippen LogP contribution >= 0.6 is 15.9 Å². The molecule has 1 aromatic heterocycles. The summed E-state index contributed by atoms with van der Waals surface area (Å²) in [5, 5.41) is 0. The van der Waals surface area contributed by atoms with Gasteiger partial charge in [0.25, 0.3) is 0 Å². The van der Waals surface area contributed by atoms with Gasteiger partial charge in [0.15, 0.2) is 0 Å². The van der Waals surface area contributed by atoms with Crippen molar-refractivity contribution in [3.05, 3.63) is 22.3 Å². The number of halogens is 4. The molecule has 96 valence electrons. The van der Waals surface area contributed by atoms with Gasteiger partial charge < -0.3 is 4.74 Å². The minimum atomic E-state index is -4.47. The Hall–Kier alpha value is -0.780. The fourth-order valence-corrected chi connectivity index (χ4v) is 1.36. The Morgan fingerprint density at radius 1 is 1.29 bits per heavy atom. The third kappa shape index (κ3) is 4.53. The number of aromatic nitrogens is 1. The first-order valence-corrected chi connectivity index (χ1v) is 5.74. The number of ether oxygens (including phenoxy) is 1. The zero-order chi connectivity index (χ0) is 13.3. The fourth-order valence-electron chi connectivity index (χ4n) is 1.03. The molecule has 6 heteroatoms. The molecule has 0 bridgehead atoms. The second kappa shape index (κ2) is 4.84. The van der Waals surface area contributed by atoms with Crippen LogP contribution in [0.3, 0.4) is 0 Å². The second-order valence-electron chi connectivity index (χ2n) is 4.85. The monoisotopic (exact) mass is 311 g/mol. The summed E-state index contributed by atoms with van der Waals surface area (Å²) in [6.45, 7) is 5.79. The highest BCUT2D eigenvalue weighted by Gasteiger charge is 2.35. The van der Waals surface area contributed by atoms with Gasteiger partial charge in [0.2, 0.25) is 5.88 Å². The number of hydrogen-bond acceptors (Lipinski definition) is 2. The van der Waals surface area contributed by atoms with Crippen molar-refractivity contribution in [1.29, 1.82) is 0 Å². The number of rotatable bonds is 2. The van der Waals surface area contributed by atoms with Gasteiger partial charge in [-0.05, 0) is 27.4 Å². The van der Waals surface area contributed by atoms with E-state index in [4.69, 9.17) is 4.74 Å². The summed E-state index contributed by atoms with van der Waals surface area (Å²) in [7, 11) is 0. The van der Waals surface area contributed by atoms with Crippen LogP contribution in [0.1, 0.15) is 26.3 Å². The molecule has 0 aliphatic heterocycles. The van der Waals surface area contributed by atoms with Crippen LogP contribution in [0.25, 0.3) is 0 Å². The van der Waals surface area contributed by atoms with E-state index in [0.29, 0.717) is 0 Å². The molecule has 1 heterocycles. The summed E-state index contributed by atoms with van der Waals surface area (Å²) in [5.74, 6) is -0.379. The molecule has 0 aromatic carbocycles. The fraction of sp³-hybridized carbons (Fsp3) is 0.545. The second-order valence-corrected chi connectivity index (χ2v) is 5.77. The van der Waals surface area contributed by atoms with Crippen molar-refractivity contribution >= 4 is 15.9 Å². The Morgan fingerprint density at radius 3 is 2.35 bits per heavy atom. The molecule has 0 atom stereocenters. The molecule has 2 nitrogen and oxygen atoms in total. The maximum absolute atomic E-state index is 12.7. The van der Waals surface area contributed by atoms with Gasteiger partial charge in [-0.3, -0.25) is 0 Å². The van der Waals surface area contributed by atoms with Gasteiger partial charge in [-0.25, -0.2) is 4.98 Å². The minimum absolute atomic E-state index is 0.171. The van der Waals surface area contributed by atoms with E-state index in [1.165, 1.54) is 6.20 Å². The van der Waals surface area contributed by atoms with Crippen molar-refractivity contribution < 1.29 is 17.9 Å². The average molecular weight is 312 g/mol. The first-order valence-electron chi connectivity index (χ1n) is 4.95. The lowest BCUT2D eigenvalue weighted by Crippen LogP contribution is -2.19. The maximum atomic E-state index is 12.7. The number of nitrogens with zero attached hydrogens (tertiary/aromatic N) is 1. The summed E-state index contributed by atoms with van der Waals surface area (Å²) >= 11 is 2.96. The van der Waals surface area contributed by atoms with Gasteiger partial charge in [-0.1, -0.05) is 20.8 Å². The van der Waals surface area contributed by atoms with E-state index in [1.807, 2.05) is 20.8 Å². The van der Waals surface area contributed by atoms with Gasteiger partial charge in [0.05, 0.1) is 6.61 Å². The lowest BCUT2D eigenvalue weighted by molar-refractivity contribution is -0.139. The predicted octanol–water partition coefficient (Wildman–Crippen LogP) is 4.29. The van der Waals surface area contributed by atoms with E-state index >= 15 is 0 Å². The first kappa shape index (κ1) is 14.3. The van der Waals surface area contributed by atoms with E-state index in [-0.39, 0.29) is 22.4 Å². The van der Waals surface area contributed by atoms with Crippen molar-refractivity contribution in [3.63, 3.8) is 0 Å². The standard InChI is InChI=1S/C11H13BrF3NO/c1-10(2,3)6-17-9-8(11(13,14)15)4-7(12)5-16-9/h4-5H,6H2,1-3H3. The SMILES string of the molecule is CC(C)(C)COc1ncc(Br)cc1C(F)(F)F. The topological polar surface area (TPSA) is 22.1 Å². The summed E-state index contributed by atoms with van der Waals surface area (Å²) < 4.78 is 43.5. The minimum Gasteiger partial charge on any atom is -0.477 e. The van der Waals surface area contributed by atoms with Crippen molar-refractivity contribution in [3.8, 4) is 5.88 Å². The molecule has 17 heavy (non-hydrogen) atoms. The van der Waals surface area contributed by atoms with Crippen LogP contribution in [0, 0.1) is 5.41 Å². The van der Waals surface area contributed by atoms with Crippen molar-refractivity contribution in [1.82, 2.24) is 4.98 Å². The Bertz CT molecular complexity index is 399. The van der Waals surface area contributed by atoms with Crippen LogP contribution in [0.4, 0.5) is 13.2 Å². The van der Waals surface area contributed by atoms with E-state index in [2.05, 4.69) is 20.9 Å². The Balaban J connectivity index is 2.99. The van der Waals surface area contributed by atoms with Crippen LogP contribution < -0.4 is 4.74 Å². The molecule has 0 spiro atoms. The van der Waals surface area contributed by atoms with Gasteiger partial charge in [-0.2, -0.15) is 13.2 Å². The Labute approximate surface area is 106 Å². The van der Waals surface area contributed by atoms with Gasteiger partial charge in [-0.15, -0.1) is 0 Å². The quantitative estimate of drug-likeness (QED) is 0.813. The van der Waals surface area contributed by atoms with Crippen LogP contribution in [-0.2, 0) is 6.18 Å². The Kier molecular flexibility index (Phi) is 4.06. The third-order valence-corrected chi connectivity index (χ3v) is 2.20. The molecular weight excluding hydrogens is 299 g/mol. The van der Waals surface area contributed by atoms with Gasteiger partial charge in [0.1, 0.15) is 5.56 Å². The summed E-state index contributed by atoms with van der Waals surface area (Å²) in [6.07, 6.45) is -3.18. The summed E-state index contributed by atoms with van der Waals surface area (Å²) in [4.78, 5) is 3.66. The molecule has 0 aliphatic carbocycles. The third-order valence-electron chi connectivity index (χ3n) is 1.77. The Morgan fingerprint density at radius 2 is 1.88 bits per heavy atom. The molecule has 0 unspecified atom stereocenters. The molecule has 0 N–H and O–H groups in total. The summed E-state index contributed by atoms with van der Waals surface area (Å²) in [5.41, 5.74) is -1.09. The maximum Gasteiger partial charge on any atom is 0.421 e. The highest BCUT2D eigenvalue weighted by atomic mass is 79.9. The zero-order valence-corrected chi connectivity index (χ0v) is 11.3. The summed E-state index contributed by atoms with van der Waals surface area (Å²) in [6, 6.07) is 0.963. The van der Waals surface area contributed by atoms with Gasteiger partial charge >= 0.3 is 6.18 Å². The molecular formula is C11H13BrF3NO.